The Bertz CT molecular complexity index is 439. The molecule has 6 heteroatoms. The summed E-state index contributed by atoms with van der Waals surface area (Å²) in [5.41, 5.74) is -3.36. The Hall–Kier alpha value is -0.720. The van der Waals surface area contributed by atoms with Crippen molar-refractivity contribution in [1.29, 1.82) is 0 Å². The van der Waals surface area contributed by atoms with Crippen LogP contribution in [0.5, 0.6) is 0 Å². The van der Waals surface area contributed by atoms with E-state index in [0.717, 1.165) is 31.5 Å². The standard InChI is InChI=1S/C14H18F3NOS/c15-14(16,17)20-13-5-1-3-11(7-13)8-18-6-2-4-12(9-18)10-19/h1,3,5,7,12,19H,2,4,6,8-10H2. The second kappa shape index (κ2) is 6.83. The summed E-state index contributed by atoms with van der Waals surface area (Å²) in [4.78, 5) is 2.42. The van der Waals surface area contributed by atoms with Crippen molar-refractivity contribution in [2.45, 2.75) is 29.8 Å². The zero-order chi connectivity index (χ0) is 14.6. The first-order valence-electron chi connectivity index (χ1n) is 6.64. The van der Waals surface area contributed by atoms with E-state index in [-0.39, 0.29) is 29.2 Å². The van der Waals surface area contributed by atoms with E-state index in [1.165, 1.54) is 6.07 Å². The van der Waals surface area contributed by atoms with Crippen LogP contribution in [-0.4, -0.2) is 35.2 Å². The normalized spacial score (nSPS) is 21.1. The molecule has 1 aromatic carbocycles. The van der Waals surface area contributed by atoms with Crippen molar-refractivity contribution in [3.8, 4) is 0 Å². The summed E-state index contributed by atoms with van der Waals surface area (Å²) < 4.78 is 37.1. The molecule has 20 heavy (non-hydrogen) atoms. The molecule has 0 bridgehead atoms. The van der Waals surface area contributed by atoms with Crippen molar-refractivity contribution in [3.63, 3.8) is 0 Å². The lowest BCUT2D eigenvalue weighted by Gasteiger charge is -2.31. The van der Waals surface area contributed by atoms with Gasteiger partial charge in [0, 0.05) is 24.6 Å². The molecular formula is C14H18F3NOS. The molecule has 2 nitrogen and oxygen atoms in total. The fourth-order valence-corrected chi connectivity index (χ4v) is 3.17. The first kappa shape index (κ1) is 15.7. The van der Waals surface area contributed by atoms with Crippen LogP contribution in [-0.2, 0) is 6.54 Å². The third kappa shape index (κ3) is 5.00. The van der Waals surface area contributed by atoms with Gasteiger partial charge in [-0.3, -0.25) is 4.90 Å². The van der Waals surface area contributed by atoms with E-state index in [1.807, 2.05) is 6.07 Å². The van der Waals surface area contributed by atoms with Gasteiger partial charge in [0.25, 0.3) is 0 Å². The first-order chi connectivity index (χ1) is 9.46. The maximum absolute atomic E-state index is 12.4. The molecule has 0 spiro atoms. The number of alkyl halides is 3. The fourth-order valence-electron chi connectivity index (χ4n) is 2.54. The van der Waals surface area contributed by atoms with Gasteiger partial charge in [0.05, 0.1) is 0 Å². The Kier molecular flexibility index (Phi) is 5.35. The minimum atomic E-state index is -4.24. The lowest BCUT2D eigenvalue weighted by molar-refractivity contribution is -0.0328. The number of aliphatic hydroxyl groups excluding tert-OH is 1. The zero-order valence-corrected chi connectivity index (χ0v) is 11.9. The summed E-state index contributed by atoms with van der Waals surface area (Å²) in [5, 5.41) is 9.19. The van der Waals surface area contributed by atoms with Crippen LogP contribution in [0.25, 0.3) is 0 Å². The van der Waals surface area contributed by atoms with Gasteiger partial charge in [0.1, 0.15) is 0 Å². The number of thioether (sulfide) groups is 1. The fraction of sp³-hybridized carbons (Fsp3) is 0.571. The van der Waals surface area contributed by atoms with Gasteiger partial charge in [-0.2, -0.15) is 13.2 Å². The smallest absolute Gasteiger partial charge is 0.396 e. The van der Waals surface area contributed by atoms with Crippen molar-refractivity contribution < 1.29 is 18.3 Å². The summed E-state index contributed by atoms with van der Waals surface area (Å²) in [6, 6.07) is 6.59. The van der Waals surface area contributed by atoms with Crippen LogP contribution in [0.1, 0.15) is 18.4 Å². The maximum Gasteiger partial charge on any atom is 0.446 e. The van der Waals surface area contributed by atoms with Crippen molar-refractivity contribution in [1.82, 2.24) is 4.90 Å². The molecule has 1 aliphatic heterocycles. The van der Waals surface area contributed by atoms with Gasteiger partial charge in [-0.15, -0.1) is 0 Å². The highest BCUT2D eigenvalue weighted by Gasteiger charge is 2.29. The van der Waals surface area contributed by atoms with Crippen molar-refractivity contribution in [2.24, 2.45) is 5.92 Å². The van der Waals surface area contributed by atoms with Crippen LogP contribution in [0, 0.1) is 5.92 Å². The number of likely N-dealkylation sites (tertiary alicyclic amines) is 1. The number of aliphatic hydroxyl groups is 1. The van der Waals surface area contributed by atoms with E-state index in [0.29, 0.717) is 6.54 Å². The van der Waals surface area contributed by atoms with E-state index in [9.17, 15) is 18.3 Å². The number of hydrogen-bond acceptors (Lipinski definition) is 3. The molecule has 0 aliphatic carbocycles. The molecule has 1 fully saturated rings. The SMILES string of the molecule is OCC1CCCN(Cc2cccc(SC(F)(F)F)c2)C1. The van der Waals surface area contributed by atoms with Crippen LogP contribution in [0.3, 0.4) is 0 Å². The number of nitrogens with zero attached hydrogens (tertiary/aromatic N) is 1. The van der Waals surface area contributed by atoms with Gasteiger partial charge < -0.3 is 5.11 Å². The monoisotopic (exact) mass is 305 g/mol. The van der Waals surface area contributed by atoms with E-state index in [2.05, 4.69) is 4.90 Å². The third-order valence-corrected chi connectivity index (χ3v) is 4.12. The lowest BCUT2D eigenvalue weighted by Crippen LogP contribution is -2.36. The van der Waals surface area contributed by atoms with E-state index < -0.39 is 5.51 Å². The Morgan fingerprint density at radius 2 is 2.15 bits per heavy atom. The minimum Gasteiger partial charge on any atom is -0.396 e. The number of rotatable bonds is 4. The highest BCUT2D eigenvalue weighted by Crippen LogP contribution is 2.37. The summed E-state index contributed by atoms with van der Waals surface area (Å²) in [7, 11) is 0. The molecule has 1 saturated heterocycles. The average Bonchev–Trinajstić information content (AvgIpc) is 2.37. The van der Waals surface area contributed by atoms with Gasteiger partial charge in [-0.1, -0.05) is 12.1 Å². The quantitative estimate of drug-likeness (QED) is 0.861. The van der Waals surface area contributed by atoms with E-state index in [1.54, 1.807) is 12.1 Å². The number of piperidine rings is 1. The van der Waals surface area contributed by atoms with Crippen molar-refractivity contribution in [2.75, 3.05) is 19.7 Å². The second-order valence-electron chi connectivity index (χ2n) is 5.12. The van der Waals surface area contributed by atoms with Gasteiger partial charge >= 0.3 is 5.51 Å². The number of halogens is 3. The molecule has 112 valence electrons. The van der Waals surface area contributed by atoms with Gasteiger partial charge in [-0.05, 0) is 54.8 Å². The summed E-state index contributed by atoms with van der Waals surface area (Å²) in [6.07, 6.45) is 2.05. The van der Waals surface area contributed by atoms with Crippen LogP contribution < -0.4 is 0 Å². The van der Waals surface area contributed by atoms with Crippen LogP contribution in [0.15, 0.2) is 29.2 Å². The Balaban J connectivity index is 1.97. The predicted molar refractivity (Wildman–Crippen MR) is 73.4 cm³/mol. The Morgan fingerprint density at radius 3 is 2.85 bits per heavy atom. The van der Waals surface area contributed by atoms with Crippen LogP contribution in [0.2, 0.25) is 0 Å². The number of hydrogen-bond donors (Lipinski definition) is 1. The van der Waals surface area contributed by atoms with Gasteiger partial charge in [0.15, 0.2) is 0 Å². The first-order valence-corrected chi connectivity index (χ1v) is 7.46. The van der Waals surface area contributed by atoms with Crippen molar-refractivity contribution >= 4 is 11.8 Å². The molecule has 0 radical (unpaired) electrons. The van der Waals surface area contributed by atoms with E-state index >= 15 is 0 Å². The maximum atomic E-state index is 12.4. The lowest BCUT2D eigenvalue weighted by atomic mass is 9.98. The predicted octanol–water partition coefficient (Wildman–Crippen LogP) is 3.50. The molecule has 1 unspecified atom stereocenters. The summed E-state index contributed by atoms with van der Waals surface area (Å²) in [6.45, 7) is 2.57. The molecule has 1 N–H and O–H groups in total. The molecule has 0 amide bonds. The van der Waals surface area contributed by atoms with Gasteiger partial charge in [-0.25, -0.2) is 0 Å². The zero-order valence-electron chi connectivity index (χ0n) is 11.1. The van der Waals surface area contributed by atoms with Crippen molar-refractivity contribution in [3.05, 3.63) is 29.8 Å². The molecule has 2 rings (SSSR count). The molecule has 1 atom stereocenters. The van der Waals surface area contributed by atoms with Gasteiger partial charge in [0.2, 0.25) is 0 Å². The Morgan fingerprint density at radius 1 is 1.35 bits per heavy atom. The van der Waals surface area contributed by atoms with Crippen LogP contribution in [0.4, 0.5) is 13.2 Å². The summed E-state index contributed by atoms with van der Waals surface area (Å²) >= 11 is -0.0765. The second-order valence-corrected chi connectivity index (χ2v) is 6.26. The summed E-state index contributed by atoms with van der Waals surface area (Å²) in [5.74, 6) is 0.288. The minimum absolute atomic E-state index is 0.0765. The Labute approximate surface area is 121 Å². The largest absolute Gasteiger partial charge is 0.446 e. The molecule has 0 saturated carbocycles. The molecule has 1 aromatic rings. The molecular weight excluding hydrogens is 287 g/mol. The highest BCUT2D eigenvalue weighted by molar-refractivity contribution is 8.00. The third-order valence-electron chi connectivity index (χ3n) is 3.40. The molecule has 1 heterocycles. The topological polar surface area (TPSA) is 23.5 Å². The van der Waals surface area contributed by atoms with Crippen LogP contribution >= 0.6 is 11.8 Å². The highest BCUT2D eigenvalue weighted by atomic mass is 32.2. The number of benzene rings is 1. The molecule has 0 aromatic heterocycles. The average molecular weight is 305 g/mol. The van der Waals surface area contributed by atoms with E-state index in [4.69, 9.17) is 0 Å². The molecule has 1 aliphatic rings.